The van der Waals surface area contributed by atoms with Gasteiger partial charge in [-0.25, -0.2) is 0 Å². The van der Waals surface area contributed by atoms with Crippen LogP contribution in [-0.2, 0) is 24.8 Å². The van der Waals surface area contributed by atoms with E-state index in [4.69, 9.17) is 9.84 Å². The van der Waals surface area contributed by atoms with Crippen molar-refractivity contribution >= 4 is 0 Å². The van der Waals surface area contributed by atoms with Crippen LogP contribution in [0.3, 0.4) is 0 Å². The third-order valence-electron chi connectivity index (χ3n) is 1.35. The minimum atomic E-state index is -0.0475. The number of ether oxygens (including phenoxy) is 1. The average molecular weight is 322 g/mol. The standard InChI is InChI=1S/C6H12NO2.Ir/c1-5-2-7-3-6(4-8)9-5;/h5-6,8H,2-4H2,1H3;/q-1;. The second kappa shape index (κ2) is 5.22. The van der Waals surface area contributed by atoms with E-state index < -0.39 is 0 Å². The van der Waals surface area contributed by atoms with Gasteiger partial charge < -0.3 is 15.2 Å². The van der Waals surface area contributed by atoms with Gasteiger partial charge in [0.25, 0.3) is 0 Å². The van der Waals surface area contributed by atoms with Crippen LogP contribution in [0.5, 0.6) is 0 Å². The van der Waals surface area contributed by atoms with Gasteiger partial charge in [-0.05, 0) is 6.92 Å². The molecule has 0 amide bonds. The monoisotopic (exact) mass is 323 g/mol. The van der Waals surface area contributed by atoms with E-state index >= 15 is 0 Å². The van der Waals surface area contributed by atoms with Crippen LogP contribution >= 0.6 is 0 Å². The van der Waals surface area contributed by atoms with E-state index in [-0.39, 0.29) is 38.9 Å². The van der Waals surface area contributed by atoms with Crippen LogP contribution in [0.2, 0.25) is 0 Å². The van der Waals surface area contributed by atoms with E-state index in [1.165, 1.54) is 0 Å². The van der Waals surface area contributed by atoms with Gasteiger partial charge in [0, 0.05) is 26.2 Å². The molecule has 4 heteroatoms. The molecule has 1 aliphatic heterocycles. The summed E-state index contributed by atoms with van der Waals surface area (Å²) in [6.07, 6.45) is 0.143. The van der Waals surface area contributed by atoms with Gasteiger partial charge in [0.15, 0.2) is 0 Å². The quantitative estimate of drug-likeness (QED) is 0.746. The van der Waals surface area contributed by atoms with Gasteiger partial charge in [-0.1, -0.05) is 0 Å². The van der Waals surface area contributed by atoms with Crippen LogP contribution in [0, 0.1) is 0 Å². The summed E-state index contributed by atoms with van der Waals surface area (Å²) in [7, 11) is 0. The zero-order chi connectivity index (χ0) is 6.69. The molecule has 10 heavy (non-hydrogen) atoms. The van der Waals surface area contributed by atoms with Crippen LogP contribution in [0.25, 0.3) is 5.32 Å². The van der Waals surface area contributed by atoms with Gasteiger partial charge in [-0.3, -0.25) is 0 Å². The normalized spacial score (nSPS) is 33.0. The third kappa shape index (κ3) is 3.08. The summed E-state index contributed by atoms with van der Waals surface area (Å²) >= 11 is 0. The predicted molar refractivity (Wildman–Crippen MR) is 34.5 cm³/mol. The first-order chi connectivity index (χ1) is 4.33. The molecule has 0 bridgehead atoms. The molecule has 2 atom stereocenters. The van der Waals surface area contributed by atoms with E-state index in [9.17, 15) is 0 Å². The number of aliphatic hydroxyl groups excluding tert-OH is 1. The van der Waals surface area contributed by atoms with Crippen LogP contribution in [0.4, 0.5) is 0 Å². The Kier molecular flexibility index (Phi) is 5.49. The summed E-state index contributed by atoms with van der Waals surface area (Å²) in [4.78, 5) is 0. The molecule has 1 fully saturated rings. The molecule has 63 valence electrons. The molecule has 1 N–H and O–H groups in total. The number of rotatable bonds is 1. The Labute approximate surface area is 74.5 Å². The van der Waals surface area contributed by atoms with E-state index in [1.807, 2.05) is 6.92 Å². The minimum absolute atomic E-state index is 0. The van der Waals surface area contributed by atoms with E-state index in [1.54, 1.807) is 0 Å². The number of hydrogen-bond donors (Lipinski definition) is 1. The fourth-order valence-electron chi connectivity index (χ4n) is 0.916. The third-order valence-corrected chi connectivity index (χ3v) is 1.35. The molecule has 0 saturated carbocycles. The Morgan fingerprint density at radius 3 is 2.70 bits per heavy atom. The molecule has 0 aromatic heterocycles. The van der Waals surface area contributed by atoms with Crippen molar-refractivity contribution in [3.63, 3.8) is 0 Å². The van der Waals surface area contributed by atoms with E-state index in [2.05, 4.69) is 5.32 Å². The SMILES string of the molecule is CC1C[N-]CC(CO)O1.[Ir]. The minimum Gasteiger partial charge on any atom is -0.658 e. The first-order valence-electron chi connectivity index (χ1n) is 3.22. The molecule has 1 rings (SSSR count). The molecule has 2 unspecified atom stereocenters. The summed E-state index contributed by atoms with van der Waals surface area (Å²) in [5.74, 6) is 0. The number of hydrogen-bond acceptors (Lipinski definition) is 2. The molecule has 1 saturated heterocycles. The van der Waals surface area contributed by atoms with E-state index in [0.29, 0.717) is 6.54 Å². The number of nitrogens with zero attached hydrogens (tertiary/aromatic N) is 1. The first kappa shape index (κ1) is 10.5. The fraction of sp³-hybridized carbons (Fsp3) is 1.00. The Morgan fingerprint density at radius 2 is 2.30 bits per heavy atom. The Hall–Kier alpha value is 0.529. The zero-order valence-electron chi connectivity index (χ0n) is 5.91. The van der Waals surface area contributed by atoms with Crippen LogP contribution < -0.4 is 0 Å². The van der Waals surface area contributed by atoms with Gasteiger partial charge >= 0.3 is 0 Å². The summed E-state index contributed by atoms with van der Waals surface area (Å²) in [5, 5.41) is 12.7. The molecule has 1 radical (unpaired) electrons. The summed E-state index contributed by atoms with van der Waals surface area (Å²) in [5.41, 5.74) is 0. The Morgan fingerprint density at radius 1 is 1.60 bits per heavy atom. The second-order valence-electron chi connectivity index (χ2n) is 2.34. The molecule has 1 heterocycles. The summed E-state index contributed by atoms with van der Waals surface area (Å²) in [6.45, 7) is 3.48. The zero-order valence-corrected chi connectivity index (χ0v) is 8.31. The molecule has 0 spiro atoms. The van der Waals surface area contributed by atoms with E-state index in [0.717, 1.165) is 6.54 Å². The van der Waals surface area contributed by atoms with Crippen molar-refractivity contribution in [2.45, 2.75) is 19.1 Å². The molecule has 3 nitrogen and oxygen atoms in total. The smallest absolute Gasteiger partial charge is 0.0676 e. The first-order valence-corrected chi connectivity index (χ1v) is 3.22. The summed E-state index contributed by atoms with van der Waals surface area (Å²) in [6, 6.07) is 0. The van der Waals surface area contributed by atoms with Crippen molar-refractivity contribution in [1.29, 1.82) is 0 Å². The Balaban J connectivity index is 0.000000810. The maximum atomic E-state index is 8.62. The molecule has 0 aromatic carbocycles. The van der Waals surface area contributed by atoms with Crippen molar-refractivity contribution < 1.29 is 29.9 Å². The largest absolute Gasteiger partial charge is 0.658 e. The topological polar surface area (TPSA) is 43.6 Å². The van der Waals surface area contributed by atoms with Gasteiger partial charge in [-0.2, -0.15) is 0 Å². The van der Waals surface area contributed by atoms with Gasteiger partial charge in [0.1, 0.15) is 0 Å². The maximum Gasteiger partial charge on any atom is 0.0676 e. The second-order valence-corrected chi connectivity index (χ2v) is 2.34. The average Bonchev–Trinajstić information content (AvgIpc) is 1.88. The van der Waals surface area contributed by atoms with Crippen molar-refractivity contribution in [2.24, 2.45) is 0 Å². The molecular weight excluding hydrogens is 310 g/mol. The molecular formula is C6H12IrNO2-. The predicted octanol–water partition coefficient (Wildman–Crippen LogP) is 0.137. The van der Waals surface area contributed by atoms with Crippen molar-refractivity contribution in [2.75, 3.05) is 19.7 Å². The number of morpholine rings is 1. The molecule has 0 aliphatic carbocycles. The number of aliphatic hydroxyl groups is 1. The van der Waals surface area contributed by atoms with Gasteiger partial charge in [-0.15, -0.1) is 13.1 Å². The van der Waals surface area contributed by atoms with Crippen molar-refractivity contribution in [3.05, 3.63) is 5.32 Å². The summed E-state index contributed by atoms with van der Waals surface area (Å²) < 4.78 is 5.29. The Bertz CT molecular complexity index is 91.8. The van der Waals surface area contributed by atoms with Crippen LogP contribution in [-0.4, -0.2) is 37.0 Å². The van der Waals surface area contributed by atoms with Crippen molar-refractivity contribution in [1.82, 2.24) is 0 Å². The molecule has 1 aliphatic rings. The fourth-order valence-corrected chi connectivity index (χ4v) is 0.916. The molecule has 0 aromatic rings. The van der Waals surface area contributed by atoms with Crippen LogP contribution in [0.15, 0.2) is 0 Å². The van der Waals surface area contributed by atoms with Crippen LogP contribution in [0.1, 0.15) is 6.92 Å². The van der Waals surface area contributed by atoms with Gasteiger partial charge in [0.2, 0.25) is 0 Å². The van der Waals surface area contributed by atoms with Crippen molar-refractivity contribution in [3.8, 4) is 0 Å². The maximum absolute atomic E-state index is 8.62. The van der Waals surface area contributed by atoms with Gasteiger partial charge in [0.05, 0.1) is 12.7 Å².